The third kappa shape index (κ3) is 3.61. The predicted octanol–water partition coefficient (Wildman–Crippen LogP) is -0.119. The molecule has 1 aromatic rings. The second-order valence-corrected chi connectivity index (χ2v) is 6.18. The second-order valence-electron chi connectivity index (χ2n) is 6.18. The van der Waals surface area contributed by atoms with Gasteiger partial charge in [-0.05, 0) is 24.0 Å². The van der Waals surface area contributed by atoms with Crippen LogP contribution in [0.25, 0.3) is 0 Å². The first kappa shape index (κ1) is 19.2. The number of urea groups is 1. The summed E-state index contributed by atoms with van der Waals surface area (Å²) >= 11 is 0. The van der Waals surface area contributed by atoms with Crippen LogP contribution in [0, 0.1) is 0 Å². The molecule has 1 fully saturated rings. The molecule has 1 N–H and O–H groups in total. The van der Waals surface area contributed by atoms with Gasteiger partial charge in [0.2, 0.25) is 0 Å². The molecular weight excluding hydrogens is 364 g/mol. The van der Waals surface area contributed by atoms with E-state index in [1.165, 1.54) is 36.1 Å². The Morgan fingerprint density at radius 2 is 2.07 bits per heavy atom. The lowest BCUT2D eigenvalue weighted by molar-refractivity contribution is -0.519. The number of carbonyl (C=O) groups is 3. The lowest BCUT2D eigenvalue weighted by Gasteiger charge is -2.30. The number of imide groups is 1. The van der Waals surface area contributed by atoms with Crippen molar-refractivity contribution in [3.8, 4) is 5.75 Å². The standard InChI is InChI=1S/C18H20N6O4/c1-4-28-13-8-6-5-7-12(13)9-20-21-14(25)10-24-11-19-16-15(24)17(26)23(3)18(27)22(16)2/h5-9,11,15H,4,10H2,1-3H3/p+1/b20-9+. The van der Waals surface area contributed by atoms with Crippen LogP contribution in [-0.2, 0) is 9.59 Å². The smallest absolute Gasteiger partial charge is 0.333 e. The molecule has 146 valence electrons. The molecule has 10 nitrogen and oxygen atoms in total. The highest BCUT2D eigenvalue weighted by Gasteiger charge is 2.50. The molecule has 10 heteroatoms. The van der Waals surface area contributed by atoms with Crippen molar-refractivity contribution in [3.05, 3.63) is 29.8 Å². The molecule has 0 aromatic heterocycles. The molecule has 1 unspecified atom stereocenters. The van der Waals surface area contributed by atoms with Crippen LogP contribution in [0.15, 0.2) is 34.4 Å². The van der Waals surface area contributed by atoms with Gasteiger partial charge in [0.1, 0.15) is 5.75 Å². The lowest BCUT2D eigenvalue weighted by Crippen LogP contribution is -2.61. The predicted molar refractivity (Wildman–Crippen MR) is 102 cm³/mol. The van der Waals surface area contributed by atoms with Crippen LogP contribution in [0.4, 0.5) is 4.79 Å². The number of hydrogen-bond donors (Lipinski definition) is 1. The average Bonchev–Trinajstić information content (AvgIpc) is 3.10. The van der Waals surface area contributed by atoms with Crippen LogP contribution < -0.4 is 10.2 Å². The number of hydrogen-bond acceptors (Lipinski definition) is 6. The van der Waals surface area contributed by atoms with Crippen molar-refractivity contribution in [3.63, 3.8) is 0 Å². The number of para-hydroxylation sites is 1. The summed E-state index contributed by atoms with van der Waals surface area (Å²) < 4.78 is 6.96. The zero-order valence-corrected chi connectivity index (χ0v) is 15.8. The largest absolute Gasteiger partial charge is 0.493 e. The minimum absolute atomic E-state index is 0.135. The number of carbonyl (C=O) groups excluding carboxylic acids is 3. The monoisotopic (exact) mass is 385 g/mol. The van der Waals surface area contributed by atoms with Gasteiger partial charge < -0.3 is 4.74 Å². The van der Waals surface area contributed by atoms with Crippen LogP contribution >= 0.6 is 0 Å². The summed E-state index contributed by atoms with van der Waals surface area (Å²) in [6.45, 7) is 2.27. The Bertz CT molecular complexity index is 907. The van der Waals surface area contributed by atoms with E-state index in [2.05, 4.69) is 15.5 Å². The average molecular weight is 385 g/mol. The molecule has 3 rings (SSSR count). The number of hydrazone groups is 1. The highest BCUT2D eigenvalue weighted by atomic mass is 16.5. The molecule has 28 heavy (non-hydrogen) atoms. The van der Waals surface area contributed by atoms with E-state index >= 15 is 0 Å². The maximum absolute atomic E-state index is 12.4. The van der Waals surface area contributed by atoms with Crippen molar-refractivity contribution >= 4 is 36.2 Å². The minimum Gasteiger partial charge on any atom is -0.493 e. The number of benzene rings is 1. The molecule has 0 bridgehead atoms. The number of nitrogens with one attached hydrogen (secondary N) is 1. The van der Waals surface area contributed by atoms with Gasteiger partial charge in [-0.25, -0.2) is 14.8 Å². The van der Waals surface area contributed by atoms with Gasteiger partial charge in [0, 0.05) is 19.7 Å². The van der Waals surface area contributed by atoms with E-state index in [4.69, 9.17) is 4.74 Å². The molecule has 0 saturated carbocycles. The fourth-order valence-electron chi connectivity index (χ4n) is 2.92. The van der Waals surface area contributed by atoms with Gasteiger partial charge in [-0.2, -0.15) is 5.10 Å². The summed E-state index contributed by atoms with van der Waals surface area (Å²) in [5.41, 5.74) is 3.15. The van der Waals surface area contributed by atoms with E-state index in [9.17, 15) is 14.4 Å². The van der Waals surface area contributed by atoms with Crippen LogP contribution in [0.2, 0.25) is 0 Å². The van der Waals surface area contributed by atoms with Gasteiger partial charge in [-0.1, -0.05) is 12.1 Å². The summed E-state index contributed by atoms with van der Waals surface area (Å²) in [5.74, 6) is 0.109. The summed E-state index contributed by atoms with van der Waals surface area (Å²) in [7, 11) is 2.93. The Kier molecular flexibility index (Phi) is 5.48. The quantitative estimate of drug-likeness (QED) is 0.419. The van der Waals surface area contributed by atoms with Gasteiger partial charge >= 0.3 is 6.03 Å². The molecule has 4 amide bonds. The summed E-state index contributed by atoms with van der Waals surface area (Å²) in [6, 6.07) is 6.05. The Balaban J connectivity index is 1.62. The molecule has 2 aliphatic heterocycles. The van der Waals surface area contributed by atoms with Gasteiger partial charge in [0.25, 0.3) is 30.0 Å². The van der Waals surface area contributed by atoms with Crippen molar-refractivity contribution in [2.45, 2.75) is 13.0 Å². The van der Waals surface area contributed by atoms with E-state index < -0.39 is 23.9 Å². The van der Waals surface area contributed by atoms with Gasteiger partial charge in [-0.3, -0.25) is 19.4 Å². The first-order chi connectivity index (χ1) is 13.4. The SMILES string of the molecule is CCOc1ccccc1/C=N/NC(=O)C[N+]1=CN=C2C1C(=O)N(C)C(=O)N2C. The van der Waals surface area contributed by atoms with Crippen molar-refractivity contribution < 1.29 is 23.7 Å². The first-order valence-corrected chi connectivity index (χ1v) is 8.69. The lowest BCUT2D eigenvalue weighted by atomic mass is 10.1. The molecule has 0 aliphatic carbocycles. The second kappa shape index (κ2) is 7.99. The van der Waals surface area contributed by atoms with Gasteiger partial charge in [0.05, 0.1) is 12.8 Å². The Hall–Kier alpha value is -3.56. The van der Waals surface area contributed by atoms with Crippen LogP contribution in [0.1, 0.15) is 12.5 Å². The zero-order valence-electron chi connectivity index (χ0n) is 15.8. The fourth-order valence-corrected chi connectivity index (χ4v) is 2.92. The van der Waals surface area contributed by atoms with Gasteiger partial charge in [0.15, 0.2) is 6.54 Å². The number of fused-ring (bicyclic) bond motifs is 1. The molecule has 0 spiro atoms. The van der Waals surface area contributed by atoms with Crippen molar-refractivity contribution in [2.75, 3.05) is 27.2 Å². The molecule has 2 heterocycles. The number of aliphatic imine (C=N–C) groups is 1. The number of rotatable bonds is 6. The van der Waals surface area contributed by atoms with E-state index in [1.54, 1.807) is 0 Å². The number of amidine groups is 1. The minimum atomic E-state index is -0.805. The molecule has 1 aromatic carbocycles. The summed E-state index contributed by atoms with van der Waals surface area (Å²) in [5, 5.41) is 3.95. The third-order valence-electron chi connectivity index (χ3n) is 4.33. The molecule has 1 saturated heterocycles. The Labute approximate surface area is 161 Å². The third-order valence-corrected chi connectivity index (χ3v) is 4.33. The number of amides is 4. The maximum atomic E-state index is 12.4. The van der Waals surface area contributed by atoms with Crippen molar-refractivity contribution in [1.29, 1.82) is 0 Å². The zero-order chi connectivity index (χ0) is 20.3. The maximum Gasteiger partial charge on any atom is 0.333 e. The number of nitrogens with zero attached hydrogens (tertiary/aromatic N) is 5. The normalized spacial score (nSPS) is 18.9. The topological polar surface area (TPSA) is 107 Å². The summed E-state index contributed by atoms with van der Waals surface area (Å²) in [4.78, 5) is 43.0. The molecule has 1 atom stereocenters. The first-order valence-electron chi connectivity index (χ1n) is 8.69. The highest BCUT2D eigenvalue weighted by Crippen LogP contribution is 2.17. The van der Waals surface area contributed by atoms with E-state index in [-0.39, 0.29) is 6.54 Å². The van der Waals surface area contributed by atoms with Crippen LogP contribution in [0.5, 0.6) is 5.75 Å². The van der Waals surface area contributed by atoms with Gasteiger partial charge in [-0.15, -0.1) is 0 Å². The fraction of sp³-hybridized carbons (Fsp3) is 0.333. The van der Waals surface area contributed by atoms with Crippen LogP contribution in [0.3, 0.4) is 0 Å². The Morgan fingerprint density at radius 1 is 1.32 bits per heavy atom. The molecule has 2 aliphatic rings. The summed E-state index contributed by atoms with van der Waals surface area (Å²) in [6.07, 6.45) is 2.87. The van der Waals surface area contributed by atoms with E-state index in [1.807, 2.05) is 31.2 Å². The van der Waals surface area contributed by atoms with E-state index in [0.29, 0.717) is 18.2 Å². The highest BCUT2D eigenvalue weighted by molar-refractivity contribution is 6.21. The number of ether oxygens (including phenoxy) is 1. The Morgan fingerprint density at radius 3 is 2.82 bits per heavy atom. The molecule has 0 radical (unpaired) electrons. The van der Waals surface area contributed by atoms with Crippen molar-refractivity contribution in [1.82, 2.24) is 15.2 Å². The van der Waals surface area contributed by atoms with Crippen LogP contribution in [-0.4, -0.2) is 83.9 Å². The molecular formula is C18H21N6O4+. The number of likely N-dealkylation sites (N-methyl/N-ethyl adjacent to an activating group) is 2. The van der Waals surface area contributed by atoms with E-state index in [0.717, 1.165) is 10.5 Å². The van der Waals surface area contributed by atoms with Crippen molar-refractivity contribution in [2.24, 2.45) is 10.1 Å².